The van der Waals surface area contributed by atoms with Gasteiger partial charge in [-0.1, -0.05) is 0 Å². The molecule has 1 fully saturated rings. The monoisotopic (exact) mass is 366 g/mol. The first kappa shape index (κ1) is 17.7. The van der Waals surface area contributed by atoms with Gasteiger partial charge in [-0.2, -0.15) is 9.40 Å². The standard InChI is InChI=1S/C16H22N4O4S/c1-11-16(25(22,23)19(3)9-14-5-4-8-24-14)12(2)20(18-11)10-15(21)17-13-6-7-13/h4-5,8,13H,6-7,9-10H2,1-3H3,(H,17,21). The van der Waals surface area contributed by atoms with Gasteiger partial charge >= 0.3 is 0 Å². The molecule has 2 aromatic rings. The van der Waals surface area contributed by atoms with E-state index in [9.17, 15) is 13.2 Å². The average molecular weight is 366 g/mol. The number of hydrogen-bond donors (Lipinski definition) is 1. The van der Waals surface area contributed by atoms with Crippen molar-refractivity contribution in [2.24, 2.45) is 0 Å². The molecule has 0 aliphatic heterocycles. The van der Waals surface area contributed by atoms with Crippen molar-refractivity contribution in [3.8, 4) is 0 Å². The number of amides is 1. The summed E-state index contributed by atoms with van der Waals surface area (Å²) in [6.07, 6.45) is 3.50. The predicted octanol–water partition coefficient (Wildman–Crippen LogP) is 1.19. The van der Waals surface area contributed by atoms with Crippen molar-refractivity contribution in [2.75, 3.05) is 7.05 Å². The van der Waals surface area contributed by atoms with Gasteiger partial charge in [-0.15, -0.1) is 0 Å². The summed E-state index contributed by atoms with van der Waals surface area (Å²) in [7, 11) is -2.25. The topological polar surface area (TPSA) is 97.4 Å². The maximum atomic E-state index is 12.9. The molecule has 1 aliphatic carbocycles. The fraction of sp³-hybridized carbons (Fsp3) is 0.500. The molecule has 1 aliphatic rings. The van der Waals surface area contributed by atoms with Crippen LogP contribution in [0.4, 0.5) is 0 Å². The zero-order valence-electron chi connectivity index (χ0n) is 14.5. The third kappa shape index (κ3) is 3.77. The predicted molar refractivity (Wildman–Crippen MR) is 90.2 cm³/mol. The lowest BCUT2D eigenvalue weighted by molar-refractivity contribution is -0.122. The first-order valence-corrected chi connectivity index (χ1v) is 9.55. The van der Waals surface area contributed by atoms with Crippen LogP contribution in [0.25, 0.3) is 0 Å². The minimum Gasteiger partial charge on any atom is -0.468 e. The van der Waals surface area contributed by atoms with E-state index in [-0.39, 0.29) is 29.9 Å². The van der Waals surface area contributed by atoms with Gasteiger partial charge in [0.2, 0.25) is 15.9 Å². The van der Waals surface area contributed by atoms with Crippen molar-refractivity contribution < 1.29 is 17.6 Å². The van der Waals surface area contributed by atoms with Crippen molar-refractivity contribution in [3.63, 3.8) is 0 Å². The SMILES string of the molecule is Cc1nn(CC(=O)NC2CC2)c(C)c1S(=O)(=O)N(C)Cc1ccco1. The molecule has 0 atom stereocenters. The number of hydrogen-bond acceptors (Lipinski definition) is 5. The van der Waals surface area contributed by atoms with Gasteiger partial charge in [-0.25, -0.2) is 8.42 Å². The van der Waals surface area contributed by atoms with Crippen molar-refractivity contribution in [1.82, 2.24) is 19.4 Å². The number of furan rings is 1. The van der Waals surface area contributed by atoms with Crippen molar-refractivity contribution >= 4 is 15.9 Å². The van der Waals surface area contributed by atoms with E-state index in [0.717, 1.165) is 12.8 Å². The van der Waals surface area contributed by atoms with Crippen LogP contribution in [-0.2, 0) is 27.9 Å². The third-order valence-electron chi connectivity index (χ3n) is 4.18. The van der Waals surface area contributed by atoms with E-state index in [2.05, 4.69) is 10.4 Å². The van der Waals surface area contributed by atoms with Gasteiger partial charge in [-0.05, 0) is 38.8 Å². The fourth-order valence-corrected chi connectivity index (χ4v) is 4.21. The Morgan fingerprint density at radius 3 is 2.76 bits per heavy atom. The Morgan fingerprint density at radius 2 is 2.16 bits per heavy atom. The number of aryl methyl sites for hydroxylation is 1. The van der Waals surface area contributed by atoms with Crippen LogP contribution in [0.2, 0.25) is 0 Å². The van der Waals surface area contributed by atoms with Gasteiger partial charge in [-0.3, -0.25) is 9.48 Å². The Morgan fingerprint density at radius 1 is 1.44 bits per heavy atom. The molecule has 9 heteroatoms. The molecule has 0 unspecified atom stereocenters. The molecule has 0 radical (unpaired) electrons. The van der Waals surface area contributed by atoms with E-state index in [0.29, 0.717) is 17.1 Å². The van der Waals surface area contributed by atoms with E-state index in [4.69, 9.17) is 4.42 Å². The number of rotatable bonds is 7. The van der Waals surface area contributed by atoms with Gasteiger partial charge < -0.3 is 9.73 Å². The van der Waals surface area contributed by atoms with Crippen LogP contribution < -0.4 is 5.32 Å². The molecule has 0 aromatic carbocycles. The second-order valence-corrected chi connectivity index (χ2v) is 8.32. The van der Waals surface area contributed by atoms with Gasteiger partial charge in [0, 0.05) is 13.1 Å². The molecule has 0 spiro atoms. The van der Waals surface area contributed by atoms with Crippen LogP contribution >= 0.6 is 0 Å². The maximum Gasteiger partial charge on any atom is 0.246 e. The zero-order chi connectivity index (χ0) is 18.2. The Kier molecular flexibility index (Phi) is 4.70. The molecule has 0 bridgehead atoms. The van der Waals surface area contributed by atoms with Crippen molar-refractivity contribution in [3.05, 3.63) is 35.5 Å². The van der Waals surface area contributed by atoms with Gasteiger partial charge in [0.25, 0.3) is 0 Å². The van der Waals surface area contributed by atoms with Crippen molar-refractivity contribution in [1.29, 1.82) is 0 Å². The first-order chi connectivity index (χ1) is 11.8. The number of carbonyl (C=O) groups is 1. The second-order valence-electron chi connectivity index (χ2n) is 6.34. The Balaban J connectivity index is 1.81. The Bertz CT molecular complexity index is 866. The highest BCUT2D eigenvalue weighted by Crippen LogP contribution is 2.24. The summed E-state index contributed by atoms with van der Waals surface area (Å²) in [5, 5.41) is 7.13. The van der Waals surface area contributed by atoms with Crippen LogP contribution in [0.5, 0.6) is 0 Å². The van der Waals surface area contributed by atoms with Crippen LogP contribution in [0.15, 0.2) is 27.7 Å². The van der Waals surface area contributed by atoms with Crippen LogP contribution in [0.3, 0.4) is 0 Å². The molecular weight excluding hydrogens is 344 g/mol. The van der Waals surface area contributed by atoms with Crippen molar-refractivity contribution in [2.45, 2.75) is 50.7 Å². The smallest absolute Gasteiger partial charge is 0.246 e. The van der Waals surface area contributed by atoms with Crippen LogP contribution in [0, 0.1) is 13.8 Å². The fourth-order valence-electron chi connectivity index (χ4n) is 2.71. The summed E-state index contributed by atoms with van der Waals surface area (Å²) in [6, 6.07) is 3.69. The second kappa shape index (κ2) is 6.64. The molecule has 136 valence electrons. The molecule has 1 amide bonds. The van der Waals surface area contributed by atoms with E-state index in [1.54, 1.807) is 26.0 Å². The van der Waals surface area contributed by atoms with E-state index < -0.39 is 10.0 Å². The number of nitrogens with one attached hydrogen (secondary N) is 1. The summed E-state index contributed by atoms with van der Waals surface area (Å²) in [5.74, 6) is 0.401. The molecular formula is C16H22N4O4S. The van der Waals surface area contributed by atoms with Crippen LogP contribution in [0.1, 0.15) is 30.0 Å². The number of aromatic nitrogens is 2. The summed E-state index contributed by atoms with van der Waals surface area (Å²) >= 11 is 0. The number of nitrogens with zero attached hydrogens (tertiary/aromatic N) is 3. The number of sulfonamides is 1. The lowest BCUT2D eigenvalue weighted by atomic mass is 10.4. The maximum absolute atomic E-state index is 12.9. The lowest BCUT2D eigenvalue weighted by Crippen LogP contribution is -2.30. The van der Waals surface area contributed by atoms with E-state index in [1.807, 2.05) is 0 Å². The quantitative estimate of drug-likeness (QED) is 0.794. The molecule has 1 N–H and O–H groups in total. The summed E-state index contributed by atoms with van der Waals surface area (Å²) in [4.78, 5) is 12.1. The molecule has 2 aromatic heterocycles. The first-order valence-electron chi connectivity index (χ1n) is 8.11. The van der Waals surface area contributed by atoms with Gasteiger partial charge in [0.15, 0.2) is 0 Å². The third-order valence-corrected chi connectivity index (χ3v) is 6.23. The normalized spacial score (nSPS) is 14.9. The molecule has 8 nitrogen and oxygen atoms in total. The van der Waals surface area contributed by atoms with E-state index >= 15 is 0 Å². The molecule has 1 saturated carbocycles. The molecule has 3 rings (SSSR count). The number of carbonyl (C=O) groups excluding carboxylic acids is 1. The molecule has 2 heterocycles. The molecule has 0 saturated heterocycles. The average Bonchev–Trinajstić information content (AvgIpc) is 3.09. The van der Waals surface area contributed by atoms with Gasteiger partial charge in [0.1, 0.15) is 17.2 Å². The highest BCUT2D eigenvalue weighted by molar-refractivity contribution is 7.89. The van der Waals surface area contributed by atoms with Gasteiger partial charge in [0.05, 0.1) is 24.2 Å². The minimum atomic E-state index is -3.74. The van der Waals surface area contributed by atoms with E-state index in [1.165, 1.54) is 22.3 Å². The summed E-state index contributed by atoms with van der Waals surface area (Å²) < 4.78 is 33.7. The molecule has 25 heavy (non-hydrogen) atoms. The lowest BCUT2D eigenvalue weighted by Gasteiger charge is -2.16. The highest BCUT2D eigenvalue weighted by atomic mass is 32.2. The largest absolute Gasteiger partial charge is 0.468 e. The summed E-state index contributed by atoms with van der Waals surface area (Å²) in [5.41, 5.74) is 0.831. The summed E-state index contributed by atoms with van der Waals surface area (Å²) in [6.45, 7) is 3.44. The zero-order valence-corrected chi connectivity index (χ0v) is 15.3. The van der Waals surface area contributed by atoms with Crippen LogP contribution in [-0.4, -0.2) is 41.5 Å². The minimum absolute atomic E-state index is 0.0145. The Hall–Kier alpha value is -2.13. The highest BCUT2D eigenvalue weighted by Gasteiger charge is 2.30. The Labute approximate surface area is 146 Å².